The van der Waals surface area contributed by atoms with Gasteiger partial charge >= 0.3 is 0 Å². The van der Waals surface area contributed by atoms with Gasteiger partial charge < -0.3 is 10.5 Å². The normalized spacial score (nSPS) is 12.6. The molecule has 3 nitrogen and oxygen atoms in total. The Morgan fingerprint density at radius 1 is 1.50 bits per heavy atom. The maximum atomic E-state index is 11.9. The summed E-state index contributed by atoms with van der Waals surface area (Å²) < 4.78 is 18.0. The van der Waals surface area contributed by atoms with Crippen LogP contribution >= 0.6 is 15.9 Å². The van der Waals surface area contributed by atoms with Crippen molar-refractivity contribution in [1.82, 2.24) is 0 Å². The molecule has 0 radical (unpaired) electrons. The third-order valence-corrected chi connectivity index (χ3v) is 4.04. The molecule has 90 valence electrons. The van der Waals surface area contributed by atoms with Gasteiger partial charge in [0, 0.05) is 29.1 Å². The molecule has 16 heavy (non-hydrogen) atoms. The Labute approximate surface area is 107 Å². The van der Waals surface area contributed by atoms with Gasteiger partial charge in [-0.2, -0.15) is 0 Å². The molecule has 0 fully saturated rings. The summed E-state index contributed by atoms with van der Waals surface area (Å²) in [5, 5.41) is 0. The fourth-order valence-electron chi connectivity index (χ4n) is 1.25. The van der Waals surface area contributed by atoms with Gasteiger partial charge in [0.2, 0.25) is 0 Å². The molecular weight excluding hydrogens is 290 g/mol. The zero-order chi connectivity index (χ0) is 12.0. The lowest BCUT2D eigenvalue weighted by Gasteiger charge is -2.06. The van der Waals surface area contributed by atoms with E-state index in [-0.39, 0.29) is 0 Å². The van der Waals surface area contributed by atoms with E-state index >= 15 is 0 Å². The summed E-state index contributed by atoms with van der Waals surface area (Å²) in [4.78, 5) is 0.700. The van der Waals surface area contributed by atoms with E-state index in [0.29, 0.717) is 29.5 Å². The monoisotopic (exact) mass is 305 g/mol. The highest BCUT2D eigenvalue weighted by Gasteiger charge is 2.08. The number of hydrogen-bond donors (Lipinski definition) is 1. The van der Waals surface area contributed by atoms with E-state index in [9.17, 15) is 4.21 Å². The second kappa shape index (κ2) is 7.04. The van der Waals surface area contributed by atoms with Crippen LogP contribution in [-0.2, 0) is 15.5 Å². The summed E-state index contributed by atoms with van der Waals surface area (Å²) in [5.74, 6) is 0.584. The topological polar surface area (TPSA) is 52.3 Å². The number of nitrogens with two attached hydrogens (primary N) is 1. The molecule has 0 spiro atoms. The second-order valence-electron chi connectivity index (χ2n) is 3.28. The van der Waals surface area contributed by atoms with Crippen LogP contribution in [0.4, 0.5) is 5.69 Å². The SMILES string of the molecule is CCOCCCS(=O)c1cc(Br)ccc1N. The Morgan fingerprint density at radius 3 is 2.94 bits per heavy atom. The molecule has 1 aromatic carbocycles. The molecule has 0 saturated carbocycles. The van der Waals surface area contributed by atoms with E-state index in [1.807, 2.05) is 19.1 Å². The minimum absolute atomic E-state index is 0.581. The molecule has 1 atom stereocenters. The van der Waals surface area contributed by atoms with Crippen LogP contribution in [-0.4, -0.2) is 23.2 Å². The largest absolute Gasteiger partial charge is 0.398 e. The van der Waals surface area contributed by atoms with E-state index in [4.69, 9.17) is 10.5 Å². The molecule has 0 aliphatic rings. The number of ether oxygens (including phenoxy) is 1. The molecule has 0 amide bonds. The van der Waals surface area contributed by atoms with Crippen LogP contribution in [0.2, 0.25) is 0 Å². The molecule has 0 aliphatic carbocycles. The van der Waals surface area contributed by atoms with Crippen molar-refractivity contribution in [1.29, 1.82) is 0 Å². The lowest BCUT2D eigenvalue weighted by atomic mass is 10.3. The van der Waals surface area contributed by atoms with Crippen molar-refractivity contribution >= 4 is 32.4 Å². The van der Waals surface area contributed by atoms with Crippen molar-refractivity contribution in [2.24, 2.45) is 0 Å². The Morgan fingerprint density at radius 2 is 2.25 bits per heavy atom. The fourth-order valence-corrected chi connectivity index (χ4v) is 2.95. The van der Waals surface area contributed by atoms with Gasteiger partial charge in [0.25, 0.3) is 0 Å². The average molecular weight is 306 g/mol. The molecule has 0 heterocycles. The molecule has 1 aromatic rings. The predicted octanol–water partition coefficient (Wildman–Crippen LogP) is 2.57. The van der Waals surface area contributed by atoms with Gasteiger partial charge in [0.15, 0.2) is 0 Å². The third kappa shape index (κ3) is 4.23. The van der Waals surface area contributed by atoms with Gasteiger partial charge in [0.1, 0.15) is 0 Å². The Hall–Kier alpha value is -0.390. The van der Waals surface area contributed by atoms with Crippen LogP contribution in [0, 0.1) is 0 Å². The quantitative estimate of drug-likeness (QED) is 0.649. The molecule has 5 heteroatoms. The van der Waals surface area contributed by atoms with Crippen molar-refractivity contribution < 1.29 is 8.95 Å². The number of nitrogen functional groups attached to an aromatic ring is 1. The van der Waals surface area contributed by atoms with Gasteiger partial charge in [-0.1, -0.05) is 15.9 Å². The number of rotatable bonds is 6. The molecule has 1 unspecified atom stereocenters. The smallest absolute Gasteiger partial charge is 0.0628 e. The first-order valence-electron chi connectivity index (χ1n) is 5.16. The van der Waals surface area contributed by atoms with Gasteiger partial charge in [0.05, 0.1) is 15.7 Å². The Kier molecular flexibility index (Phi) is 6.01. The molecule has 0 aliphatic heterocycles. The van der Waals surface area contributed by atoms with Gasteiger partial charge in [-0.15, -0.1) is 0 Å². The maximum absolute atomic E-state index is 11.9. The summed E-state index contributed by atoms with van der Waals surface area (Å²) >= 11 is 3.34. The zero-order valence-corrected chi connectivity index (χ0v) is 11.6. The number of anilines is 1. The van der Waals surface area contributed by atoms with E-state index in [1.165, 1.54) is 0 Å². The van der Waals surface area contributed by atoms with Crippen LogP contribution in [0.1, 0.15) is 13.3 Å². The maximum Gasteiger partial charge on any atom is 0.0628 e. The summed E-state index contributed by atoms with van der Waals surface area (Å²) in [6.45, 7) is 3.30. The van der Waals surface area contributed by atoms with Crippen molar-refractivity contribution in [3.05, 3.63) is 22.7 Å². The summed E-state index contributed by atoms with van der Waals surface area (Å²) in [5.41, 5.74) is 6.36. The van der Waals surface area contributed by atoms with Crippen LogP contribution < -0.4 is 5.73 Å². The van der Waals surface area contributed by atoms with Crippen molar-refractivity contribution in [3.8, 4) is 0 Å². The highest BCUT2D eigenvalue weighted by atomic mass is 79.9. The predicted molar refractivity (Wildman–Crippen MR) is 70.9 cm³/mol. The van der Waals surface area contributed by atoms with Crippen molar-refractivity contribution in [2.75, 3.05) is 24.7 Å². The van der Waals surface area contributed by atoms with E-state index in [0.717, 1.165) is 10.9 Å². The van der Waals surface area contributed by atoms with E-state index < -0.39 is 10.8 Å². The number of benzene rings is 1. The zero-order valence-electron chi connectivity index (χ0n) is 9.24. The first-order valence-corrected chi connectivity index (χ1v) is 7.27. The van der Waals surface area contributed by atoms with Crippen LogP contribution in [0.25, 0.3) is 0 Å². The van der Waals surface area contributed by atoms with Crippen LogP contribution in [0.3, 0.4) is 0 Å². The van der Waals surface area contributed by atoms with Gasteiger partial charge in [-0.3, -0.25) is 4.21 Å². The van der Waals surface area contributed by atoms with Crippen LogP contribution in [0.5, 0.6) is 0 Å². The minimum Gasteiger partial charge on any atom is -0.398 e. The van der Waals surface area contributed by atoms with E-state index in [1.54, 1.807) is 6.07 Å². The lowest BCUT2D eigenvalue weighted by Crippen LogP contribution is -2.05. The van der Waals surface area contributed by atoms with Crippen molar-refractivity contribution in [2.45, 2.75) is 18.2 Å². The first kappa shape index (κ1) is 13.7. The minimum atomic E-state index is -1.04. The Balaban J connectivity index is 2.55. The summed E-state index contributed by atoms with van der Waals surface area (Å²) in [6.07, 6.45) is 0.784. The lowest BCUT2D eigenvalue weighted by molar-refractivity contribution is 0.149. The third-order valence-electron chi connectivity index (χ3n) is 2.04. The number of hydrogen-bond acceptors (Lipinski definition) is 3. The second-order valence-corrected chi connectivity index (χ2v) is 5.74. The summed E-state index contributed by atoms with van der Waals surface area (Å²) in [7, 11) is -1.04. The first-order chi connectivity index (χ1) is 7.65. The molecule has 1 rings (SSSR count). The van der Waals surface area contributed by atoms with Crippen molar-refractivity contribution in [3.63, 3.8) is 0 Å². The molecule has 0 aromatic heterocycles. The summed E-state index contributed by atoms with van der Waals surface area (Å²) in [6, 6.07) is 5.42. The molecule has 0 bridgehead atoms. The standard InChI is InChI=1S/C11H16BrNO2S/c1-2-15-6-3-7-16(14)11-8-9(12)4-5-10(11)13/h4-5,8H,2-3,6-7,13H2,1H3. The average Bonchev–Trinajstić information content (AvgIpc) is 2.27. The molecule has 0 saturated heterocycles. The Bertz CT molecular complexity index is 371. The number of halogens is 1. The molecule has 2 N–H and O–H groups in total. The van der Waals surface area contributed by atoms with Gasteiger partial charge in [-0.25, -0.2) is 0 Å². The highest BCUT2D eigenvalue weighted by molar-refractivity contribution is 9.10. The van der Waals surface area contributed by atoms with Crippen LogP contribution in [0.15, 0.2) is 27.6 Å². The fraction of sp³-hybridized carbons (Fsp3) is 0.455. The molecular formula is C11H16BrNO2S. The van der Waals surface area contributed by atoms with Gasteiger partial charge in [-0.05, 0) is 31.5 Å². The van der Waals surface area contributed by atoms with E-state index in [2.05, 4.69) is 15.9 Å². The highest BCUT2D eigenvalue weighted by Crippen LogP contribution is 2.22.